The van der Waals surface area contributed by atoms with Crippen molar-refractivity contribution in [1.82, 2.24) is 5.16 Å². The topological polar surface area (TPSA) is 174 Å². The number of nitrogens with zero attached hydrogens (tertiary/aromatic N) is 3. The van der Waals surface area contributed by atoms with Crippen molar-refractivity contribution in [2.75, 3.05) is 5.73 Å². The summed E-state index contributed by atoms with van der Waals surface area (Å²) in [7, 11) is 0. The normalized spacial score (nSPS) is 11.1. The summed E-state index contributed by atoms with van der Waals surface area (Å²) in [6.07, 6.45) is 0. The van der Waals surface area contributed by atoms with Crippen molar-refractivity contribution in [1.29, 1.82) is 0 Å². The highest BCUT2D eigenvalue weighted by Crippen LogP contribution is 2.14. The largest absolute Gasteiger partial charge is 0.378 e. The Labute approximate surface area is 116 Å². The van der Waals surface area contributed by atoms with Crippen molar-refractivity contribution in [3.05, 3.63) is 45.6 Å². The second-order valence-electron chi connectivity index (χ2n) is 3.71. The average Bonchev–Trinajstić information content (AvgIpc) is 2.90. The molecule has 11 heteroatoms. The number of hydrogen-bond acceptors (Lipinski definition) is 8. The number of amidine groups is 1. The van der Waals surface area contributed by atoms with Gasteiger partial charge in [-0.2, -0.15) is 0 Å². The van der Waals surface area contributed by atoms with Crippen LogP contribution in [0.15, 0.2) is 34.1 Å². The van der Waals surface area contributed by atoms with E-state index in [0.29, 0.717) is 0 Å². The molecule has 2 rings (SSSR count). The van der Waals surface area contributed by atoms with Crippen LogP contribution in [0.5, 0.6) is 0 Å². The number of nitro benzene ring substituents is 1. The molecule has 0 radical (unpaired) electrons. The highest BCUT2D eigenvalue weighted by molar-refractivity contribution is 5.99. The number of aromatic nitrogens is 2. The first-order valence-electron chi connectivity index (χ1n) is 5.41. The van der Waals surface area contributed by atoms with Crippen molar-refractivity contribution in [3.8, 4) is 0 Å². The van der Waals surface area contributed by atoms with Crippen LogP contribution in [-0.2, 0) is 4.84 Å². The van der Waals surface area contributed by atoms with Crippen molar-refractivity contribution in [2.24, 2.45) is 10.9 Å². The van der Waals surface area contributed by atoms with Crippen molar-refractivity contribution in [2.45, 2.75) is 0 Å². The molecule has 0 atom stereocenters. The van der Waals surface area contributed by atoms with E-state index in [9.17, 15) is 14.9 Å². The Bertz CT molecular complexity index is 724. The fourth-order valence-corrected chi connectivity index (χ4v) is 1.33. The second-order valence-corrected chi connectivity index (χ2v) is 3.71. The van der Waals surface area contributed by atoms with Crippen LogP contribution in [0.2, 0.25) is 0 Å². The smallest absolute Gasteiger partial charge is 0.366 e. The first-order valence-corrected chi connectivity index (χ1v) is 5.41. The van der Waals surface area contributed by atoms with Gasteiger partial charge in [-0.15, -0.1) is 4.63 Å². The van der Waals surface area contributed by atoms with Gasteiger partial charge in [0.05, 0.1) is 15.6 Å². The molecule has 0 bridgehead atoms. The van der Waals surface area contributed by atoms with E-state index in [2.05, 4.69) is 24.9 Å². The molecule has 1 aromatic heterocycles. The number of nitrogens with two attached hydrogens (primary N) is 2. The van der Waals surface area contributed by atoms with Crippen LogP contribution in [-0.4, -0.2) is 21.9 Å². The summed E-state index contributed by atoms with van der Waals surface area (Å²) >= 11 is 0. The van der Waals surface area contributed by atoms with Crippen molar-refractivity contribution < 1.29 is 24.3 Å². The summed E-state index contributed by atoms with van der Waals surface area (Å²) < 4.78 is 4.42. The molecule has 0 spiro atoms. The Balaban J connectivity index is 2.13. The van der Waals surface area contributed by atoms with Gasteiger partial charge in [-0.25, -0.2) is 4.79 Å². The van der Waals surface area contributed by atoms with Gasteiger partial charge < -0.3 is 16.3 Å². The number of oxime groups is 1. The molecule has 21 heavy (non-hydrogen) atoms. The Morgan fingerprint density at radius 2 is 2.29 bits per heavy atom. The molecule has 0 fully saturated rings. The van der Waals surface area contributed by atoms with Gasteiger partial charge >= 0.3 is 17.5 Å². The van der Waals surface area contributed by atoms with Crippen LogP contribution in [0.3, 0.4) is 0 Å². The van der Waals surface area contributed by atoms with E-state index < -0.39 is 10.9 Å². The lowest BCUT2D eigenvalue weighted by molar-refractivity contribution is -0.610. The van der Waals surface area contributed by atoms with Crippen LogP contribution in [0.1, 0.15) is 16.1 Å². The van der Waals surface area contributed by atoms with Gasteiger partial charge in [0.1, 0.15) is 0 Å². The lowest BCUT2D eigenvalue weighted by Gasteiger charge is -1.98. The fraction of sp³-hybridized carbons (Fsp3) is 0. The van der Waals surface area contributed by atoms with Crippen LogP contribution in [0.25, 0.3) is 0 Å². The highest BCUT2D eigenvalue weighted by atomic mass is 16.7. The van der Waals surface area contributed by atoms with E-state index in [1.807, 2.05) is 0 Å². The zero-order valence-electron chi connectivity index (χ0n) is 10.3. The predicted molar refractivity (Wildman–Crippen MR) is 66.7 cm³/mol. The van der Waals surface area contributed by atoms with Crippen molar-refractivity contribution >= 4 is 23.3 Å². The van der Waals surface area contributed by atoms with Crippen LogP contribution in [0.4, 0.5) is 11.5 Å². The molecule has 108 valence electrons. The number of carbonyl (C=O) groups is 1. The van der Waals surface area contributed by atoms with Crippen LogP contribution in [0, 0.1) is 10.1 Å². The van der Waals surface area contributed by atoms with E-state index in [1.54, 1.807) is 0 Å². The molecular formula is C10H9N6O5+. The molecular weight excluding hydrogens is 284 g/mol. The molecule has 0 unspecified atom stereocenters. The number of anilines is 1. The minimum Gasteiger partial charge on any atom is -0.378 e. The van der Waals surface area contributed by atoms with Gasteiger partial charge in [0.25, 0.3) is 5.69 Å². The summed E-state index contributed by atoms with van der Waals surface area (Å²) in [6, 6.07) is 4.96. The Hall–Kier alpha value is -3.50. The summed E-state index contributed by atoms with van der Waals surface area (Å²) in [5, 5.41) is 19.6. The Morgan fingerprint density at radius 3 is 2.90 bits per heavy atom. The van der Waals surface area contributed by atoms with Crippen LogP contribution >= 0.6 is 0 Å². The molecule has 0 aliphatic rings. The van der Waals surface area contributed by atoms with Gasteiger partial charge in [0.2, 0.25) is 5.84 Å². The third-order valence-electron chi connectivity index (χ3n) is 2.31. The SMILES string of the molecule is NC(=NOC(=O)c1cccc([N+](=O)[O-])c1)c1no[nH+]c1N. The number of benzene rings is 1. The van der Waals surface area contributed by atoms with E-state index in [4.69, 9.17) is 11.5 Å². The van der Waals surface area contributed by atoms with E-state index in [0.717, 1.165) is 6.07 Å². The standard InChI is InChI=1S/C10H8N6O5/c11-8(7-9(12)15-21-13-7)14-20-10(17)5-2-1-3-6(4-5)16(18)19/h1-4H,(H2,11,14)(H2,12,15)/p+1. The molecule has 5 N–H and O–H groups in total. The molecule has 2 aromatic rings. The summed E-state index contributed by atoms with van der Waals surface area (Å²) in [5.74, 6) is -1.22. The minimum absolute atomic E-state index is 0.00245. The van der Waals surface area contributed by atoms with Gasteiger partial charge in [0.15, 0.2) is 0 Å². The first kappa shape index (κ1) is 13.9. The number of non-ortho nitro benzene ring substituents is 1. The third-order valence-corrected chi connectivity index (χ3v) is 2.31. The molecule has 11 nitrogen and oxygen atoms in total. The third kappa shape index (κ3) is 3.09. The maximum atomic E-state index is 11.7. The number of nitrogen functional groups attached to an aromatic ring is 1. The Morgan fingerprint density at radius 1 is 1.52 bits per heavy atom. The fourth-order valence-electron chi connectivity index (χ4n) is 1.33. The molecule has 0 aliphatic carbocycles. The summed E-state index contributed by atoms with van der Waals surface area (Å²) in [5.41, 5.74) is 10.6. The average molecular weight is 293 g/mol. The van der Waals surface area contributed by atoms with Gasteiger partial charge in [-0.05, 0) is 6.07 Å². The number of H-pyrrole nitrogens is 1. The second kappa shape index (κ2) is 5.64. The molecule has 0 saturated carbocycles. The summed E-state index contributed by atoms with van der Waals surface area (Å²) in [4.78, 5) is 26.2. The van der Waals surface area contributed by atoms with Gasteiger partial charge in [-0.1, -0.05) is 16.4 Å². The predicted octanol–water partition coefficient (Wildman–Crippen LogP) is -0.544. The number of rotatable bonds is 4. The molecule has 1 heterocycles. The molecule has 0 aliphatic heterocycles. The number of nitro groups is 1. The number of carbonyl (C=O) groups excluding carboxylic acids is 1. The highest BCUT2D eigenvalue weighted by Gasteiger charge is 2.19. The lowest BCUT2D eigenvalue weighted by atomic mass is 10.2. The minimum atomic E-state index is -0.923. The quantitative estimate of drug-likeness (QED) is 0.248. The number of aromatic amines is 1. The monoisotopic (exact) mass is 293 g/mol. The van der Waals surface area contributed by atoms with E-state index >= 15 is 0 Å². The number of hydrogen-bond donors (Lipinski definition) is 2. The molecule has 1 aromatic carbocycles. The molecule has 0 saturated heterocycles. The maximum Gasteiger partial charge on any atom is 0.366 e. The van der Waals surface area contributed by atoms with Gasteiger partial charge in [0, 0.05) is 12.1 Å². The van der Waals surface area contributed by atoms with Crippen LogP contribution < -0.4 is 16.6 Å². The van der Waals surface area contributed by atoms with Crippen molar-refractivity contribution in [3.63, 3.8) is 0 Å². The number of nitrogens with one attached hydrogen (secondary N) is 1. The van der Waals surface area contributed by atoms with E-state index in [-0.39, 0.29) is 28.6 Å². The summed E-state index contributed by atoms with van der Waals surface area (Å²) in [6.45, 7) is 0. The molecule has 0 amide bonds. The maximum absolute atomic E-state index is 11.7. The van der Waals surface area contributed by atoms with E-state index in [1.165, 1.54) is 18.2 Å². The van der Waals surface area contributed by atoms with Gasteiger partial charge in [-0.3, -0.25) is 10.1 Å². The Kier molecular flexibility index (Phi) is 3.74. The zero-order chi connectivity index (χ0) is 15.4. The first-order chi connectivity index (χ1) is 9.99. The lowest BCUT2D eigenvalue weighted by Crippen LogP contribution is -2.18. The zero-order valence-corrected chi connectivity index (χ0v) is 10.3.